The van der Waals surface area contributed by atoms with E-state index in [0.717, 1.165) is 27.5 Å². The molecule has 0 bridgehead atoms. The van der Waals surface area contributed by atoms with Gasteiger partial charge in [-0.15, -0.1) is 0 Å². The maximum Gasteiger partial charge on any atom is 0.143 e. The minimum absolute atomic E-state index is 0.915. The van der Waals surface area contributed by atoms with Gasteiger partial charge in [-0.3, -0.25) is 0 Å². The van der Waals surface area contributed by atoms with Crippen molar-refractivity contribution in [1.29, 1.82) is 0 Å². The summed E-state index contributed by atoms with van der Waals surface area (Å²) in [5.74, 6) is 0. The van der Waals surface area contributed by atoms with Crippen LogP contribution in [-0.4, -0.2) is 0 Å². The fraction of sp³-hybridized carbons (Fsp3) is 0. The van der Waals surface area contributed by atoms with Gasteiger partial charge in [0.05, 0.1) is 0 Å². The molecule has 218 valence electrons. The fourth-order valence-electron chi connectivity index (χ4n) is 7.87. The summed E-state index contributed by atoms with van der Waals surface area (Å²) in [5, 5.41) is 12.3. The second-order valence-electron chi connectivity index (χ2n) is 12.4. The van der Waals surface area contributed by atoms with Crippen molar-refractivity contribution in [2.45, 2.75) is 0 Å². The van der Waals surface area contributed by atoms with Crippen molar-refractivity contribution in [3.63, 3.8) is 0 Å². The molecule has 1 nitrogen and oxygen atoms in total. The zero-order valence-electron chi connectivity index (χ0n) is 25.6. The van der Waals surface area contributed by atoms with E-state index >= 15 is 0 Å². The summed E-state index contributed by atoms with van der Waals surface area (Å²) in [5.41, 5.74) is 9.19. The summed E-state index contributed by atoms with van der Waals surface area (Å²) in [7, 11) is 0. The number of para-hydroxylation sites is 2. The first kappa shape index (κ1) is 26.1. The van der Waals surface area contributed by atoms with Gasteiger partial charge in [0.15, 0.2) is 0 Å². The highest BCUT2D eigenvalue weighted by molar-refractivity contribution is 6.27. The normalized spacial score (nSPS) is 11.8. The monoisotopic (exact) mass is 596 g/mol. The lowest BCUT2D eigenvalue weighted by molar-refractivity contribution is 0.670. The molecule has 0 saturated heterocycles. The van der Waals surface area contributed by atoms with Crippen LogP contribution in [0.15, 0.2) is 174 Å². The van der Waals surface area contributed by atoms with E-state index < -0.39 is 0 Å². The molecule has 0 atom stereocenters. The van der Waals surface area contributed by atoms with Gasteiger partial charge in [-0.1, -0.05) is 164 Å². The Morgan fingerprint density at radius 3 is 1.34 bits per heavy atom. The van der Waals surface area contributed by atoms with Crippen LogP contribution in [0, 0.1) is 0 Å². The molecule has 0 aliphatic rings. The molecule has 1 heterocycles. The molecular weight excluding hydrogens is 569 g/mol. The minimum Gasteiger partial charge on any atom is -0.455 e. The largest absolute Gasteiger partial charge is 0.455 e. The van der Waals surface area contributed by atoms with Crippen LogP contribution >= 0.6 is 0 Å². The van der Waals surface area contributed by atoms with Crippen LogP contribution in [0.1, 0.15) is 0 Å². The number of fused-ring (bicyclic) bond motifs is 8. The molecule has 10 rings (SSSR count). The Morgan fingerprint density at radius 1 is 0.255 bits per heavy atom. The first-order chi connectivity index (χ1) is 23.3. The van der Waals surface area contributed by atoms with Crippen LogP contribution in [0.3, 0.4) is 0 Å². The van der Waals surface area contributed by atoms with Crippen molar-refractivity contribution in [3.05, 3.63) is 170 Å². The van der Waals surface area contributed by atoms with Gasteiger partial charge >= 0.3 is 0 Å². The molecule has 10 aromatic rings. The van der Waals surface area contributed by atoms with Crippen LogP contribution in [0.2, 0.25) is 0 Å². The Morgan fingerprint density at radius 2 is 0.702 bits per heavy atom. The molecule has 1 aromatic heterocycles. The van der Waals surface area contributed by atoms with E-state index in [9.17, 15) is 0 Å². The van der Waals surface area contributed by atoms with Crippen LogP contribution in [0.5, 0.6) is 0 Å². The molecule has 0 unspecified atom stereocenters. The maximum absolute atomic E-state index is 6.59. The highest BCUT2D eigenvalue weighted by atomic mass is 16.3. The smallest absolute Gasteiger partial charge is 0.143 e. The summed E-state index contributed by atoms with van der Waals surface area (Å²) in [6.45, 7) is 0. The lowest BCUT2D eigenvalue weighted by atomic mass is 9.84. The molecule has 0 aliphatic carbocycles. The lowest BCUT2D eigenvalue weighted by Gasteiger charge is -2.19. The first-order valence-electron chi connectivity index (χ1n) is 16.2. The van der Waals surface area contributed by atoms with E-state index in [0.29, 0.717) is 0 Å². The molecule has 0 amide bonds. The molecule has 0 aliphatic heterocycles. The van der Waals surface area contributed by atoms with Gasteiger partial charge in [0.25, 0.3) is 0 Å². The zero-order valence-corrected chi connectivity index (χ0v) is 25.6. The molecule has 0 N–H and O–H groups in total. The maximum atomic E-state index is 6.59. The summed E-state index contributed by atoms with van der Waals surface area (Å²) in [4.78, 5) is 0. The van der Waals surface area contributed by atoms with Crippen molar-refractivity contribution in [1.82, 2.24) is 0 Å². The highest BCUT2D eigenvalue weighted by Gasteiger charge is 2.21. The van der Waals surface area contributed by atoms with Gasteiger partial charge in [0.2, 0.25) is 0 Å². The number of hydrogen-bond donors (Lipinski definition) is 0. The van der Waals surface area contributed by atoms with Crippen molar-refractivity contribution >= 4 is 65.0 Å². The summed E-state index contributed by atoms with van der Waals surface area (Å²) < 4.78 is 6.59. The number of rotatable bonds is 3. The first-order valence-corrected chi connectivity index (χ1v) is 16.2. The molecule has 47 heavy (non-hydrogen) atoms. The van der Waals surface area contributed by atoms with Crippen molar-refractivity contribution in [2.75, 3.05) is 0 Å². The lowest BCUT2D eigenvalue weighted by Crippen LogP contribution is -1.92. The highest BCUT2D eigenvalue weighted by Crippen LogP contribution is 2.48. The Hall–Kier alpha value is -6.18. The van der Waals surface area contributed by atoms with Crippen LogP contribution in [0.25, 0.3) is 98.4 Å². The molecule has 0 radical (unpaired) electrons. The summed E-state index contributed by atoms with van der Waals surface area (Å²) >= 11 is 0. The van der Waals surface area contributed by atoms with Gasteiger partial charge < -0.3 is 4.42 Å². The number of hydrogen-bond acceptors (Lipinski definition) is 1. The third kappa shape index (κ3) is 3.84. The predicted octanol–water partition coefficient (Wildman–Crippen LogP) is 13.2. The van der Waals surface area contributed by atoms with Gasteiger partial charge in [-0.05, 0) is 71.4 Å². The Kier molecular flexibility index (Phi) is 5.64. The Bertz CT molecular complexity index is 2780. The topological polar surface area (TPSA) is 13.1 Å². The Balaban J connectivity index is 1.30. The Labute approximate surface area is 271 Å². The van der Waals surface area contributed by atoms with Crippen LogP contribution in [0.4, 0.5) is 0 Å². The fourth-order valence-corrected chi connectivity index (χ4v) is 7.87. The summed E-state index contributed by atoms with van der Waals surface area (Å²) in [6.07, 6.45) is 0. The average Bonchev–Trinajstić information content (AvgIpc) is 3.53. The standard InChI is InChI=1S/C46H28O/c1-2-13-29(14-3-1)30-20-10-21-31-32-22-11-23-36(34(32)28-27-33(30)31)44-37-16-4-6-18-39(37)45(40-19-7-5-17-38(40)44)42-25-12-24-41-35-15-8-9-26-43(35)47-46(41)42/h1-28H. The molecule has 0 fully saturated rings. The average molecular weight is 597 g/mol. The van der Waals surface area contributed by atoms with Gasteiger partial charge in [-0.25, -0.2) is 0 Å². The van der Waals surface area contributed by atoms with E-state index in [-0.39, 0.29) is 0 Å². The van der Waals surface area contributed by atoms with E-state index in [1.54, 1.807) is 0 Å². The zero-order chi connectivity index (χ0) is 30.9. The van der Waals surface area contributed by atoms with Crippen LogP contribution < -0.4 is 0 Å². The van der Waals surface area contributed by atoms with Crippen molar-refractivity contribution < 1.29 is 4.42 Å². The van der Waals surface area contributed by atoms with E-state index in [1.807, 2.05) is 6.07 Å². The minimum atomic E-state index is 0.915. The van der Waals surface area contributed by atoms with Gasteiger partial charge in [-0.2, -0.15) is 0 Å². The van der Waals surface area contributed by atoms with Gasteiger partial charge in [0.1, 0.15) is 11.2 Å². The molecule has 1 heteroatoms. The third-order valence-corrected chi connectivity index (χ3v) is 9.88. The molecule has 0 saturated carbocycles. The molecule has 9 aromatic carbocycles. The van der Waals surface area contributed by atoms with Crippen molar-refractivity contribution in [3.8, 4) is 33.4 Å². The van der Waals surface area contributed by atoms with E-state index in [2.05, 4.69) is 164 Å². The van der Waals surface area contributed by atoms with Crippen LogP contribution in [-0.2, 0) is 0 Å². The van der Waals surface area contributed by atoms with Gasteiger partial charge in [0, 0.05) is 21.9 Å². The van der Waals surface area contributed by atoms with E-state index in [4.69, 9.17) is 4.42 Å². The van der Waals surface area contributed by atoms with E-state index in [1.165, 1.54) is 70.9 Å². The molecular formula is C46H28O. The second kappa shape index (κ2) is 10.2. The molecule has 0 spiro atoms. The number of furan rings is 1. The SMILES string of the molecule is c1ccc(-c2cccc3c2ccc2c(-c4c5ccccc5c(-c5cccc6c5oc5ccccc56)c5ccccc45)cccc23)cc1. The third-order valence-electron chi connectivity index (χ3n) is 9.88. The summed E-state index contributed by atoms with van der Waals surface area (Å²) in [6, 6.07) is 61.5. The van der Waals surface area contributed by atoms with Crippen molar-refractivity contribution in [2.24, 2.45) is 0 Å². The predicted molar refractivity (Wildman–Crippen MR) is 200 cm³/mol. The second-order valence-corrected chi connectivity index (χ2v) is 12.4. The number of benzene rings is 9. The quantitative estimate of drug-likeness (QED) is 0.146.